The minimum absolute atomic E-state index is 0.162. The van der Waals surface area contributed by atoms with Crippen LogP contribution in [0.5, 0.6) is 5.75 Å². The number of hydrogen-bond acceptors (Lipinski definition) is 8. The molecule has 0 unspecified atom stereocenters. The summed E-state index contributed by atoms with van der Waals surface area (Å²) in [4.78, 5) is 30.7. The predicted molar refractivity (Wildman–Crippen MR) is 120 cm³/mol. The molecular weight excluding hydrogens is 430 g/mol. The molecule has 0 saturated carbocycles. The Morgan fingerprint density at radius 1 is 1.19 bits per heavy atom. The summed E-state index contributed by atoms with van der Waals surface area (Å²) in [5.41, 5.74) is 2.34. The molecule has 0 radical (unpaired) electrons. The molecule has 1 aromatic carbocycles. The van der Waals surface area contributed by atoms with E-state index in [4.69, 9.17) is 14.0 Å². The summed E-state index contributed by atoms with van der Waals surface area (Å²) in [6.07, 6.45) is 4.36. The fourth-order valence-corrected chi connectivity index (χ4v) is 4.99. The van der Waals surface area contributed by atoms with Crippen LogP contribution in [0.25, 0.3) is 11.4 Å². The van der Waals surface area contributed by atoms with Gasteiger partial charge in [0.1, 0.15) is 10.8 Å². The van der Waals surface area contributed by atoms with Crippen LogP contribution in [0.3, 0.4) is 0 Å². The molecule has 1 N–H and O–H groups in total. The zero-order chi connectivity index (χ0) is 22.5. The van der Waals surface area contributed by atoms with Crippen molar-refractivity contribution in [3.63, 3.8) is 0 Å². The van der Waals surface area contributed by atoms with Gasteiger partial charge in [-0.25, -0.2) is 4.79 Å². The minimum Gasteiger partial charge on any atom is -0.497 e. The van der Waals surface area contributed by atoms with Crippen LogP contribution in [0.4, 0.5) is 5.00 Å². The third-order valence-corrected chi connectivity index (χ3v) is 6.49. The maximum absolute atomic E-state index is 12.6. The van der Waals surface area contributed by atoms with E-state index in [1.54, 1.807) is 14.0 Å². The van der Waals surface area contributed by atoms with E-state index < -0.39 is 0 Å². The van der Waals surface area contributed by atoms with Gasteiger partial charge in [0, 0.05) is 23.3 Å². The van der Waals surface area contributed by atoms with Crippen molar-refractivity contribution in [2.75, 3.05) is 19.0 Å². The first kappa shape index (κ1) is 22.0. The number of nitrogens with zero attached hydrogens (tertiary/aromatic N) is 2. The van der Waals surface area contributed by atoms with Crippen LogP contribution < -0.4 is 10.1 Å². The second-order valence-corrected chi connectivity index (χ2v) is 8.53. The van der Waals surface area contributed by atoms with Crippen molar-refractivity contribution in [1.29, 1.82) is 0 Å². The van der Waals surface area contributed by atoms with E-state index in [0.717, 1.165) is 47.4 Å². The predicted octanol–water partition coefficient (Wildman–Crippen LogP) is 4.43. The number of carbonyl (C=O) groups is 2. The molecule has 0 saturated heterocycles. The van der Waals surface area contributed by atoms with Crippen molar-refractivity contribution < 1.29 is 23.6 Å². The standard InChI is InChI=1S/C23H25N3O5S/c1-3-30-23(28)20-16-6-4-5-7-17(16)32-22(20)24-18(27)12-13-19-25-21(26-31-19)14-8-10-15(29-2)11-9-14/h8-11H,3-7,12-13H2,1-2H3,(H,24,27). The first-order valence-electron chi connectivity index (χ1n) is 10.7. The van der Waals surface area contributed by atoms with Crippen molar-refractivity contribution in [2.24, 2.45) is 0 Å². The van der Waals surface area contributed by atoms with Gasteiger partial charge in [-0.3, -0.25) is 4.79 Å². The molecule has 0 spiro atoms. The molecule has 0 fully saturated rings. The van der Waals surface area contributed by atoms with Crippen molar-refractivity contribution in [3.8, 4) is 17.1 Å². The Morgan fingerprint density at radius 2 is 1.97 bits per heavy atom. The Bertz CT molecular complexity index is 1100. The second-order valence-electron chi connectivity index (χ2n) is 7.42. The SMILES string of the molecule is CCOC(=O)c1c(NC(=O)CCc2nc(-c3ccc(OC)cc3)no2)sc2c1CCCC2. The monoisotopic (exact) mass is 455 g/mol. The number of methoxy groups -OCH3 is 1. The lowest BCUT2D eigenvalue weighted by molar-refractivity contribution is -0.116. The highest BCUT2D eigenvalue weighted by Crippen LogP contribution is 2.38. The van der Waals surface area contributed by atoms with Gasteiger partial charge in [-0.15, -0.1) is 11.3 Å². The van der Waals surface area contributed by atoms with Crippen molar-refractivity contribution in [1.82, 2.24) is 10.1 Å². The van der Waals surface area contributed by atoms with Gasteiger partial charge in [0.15, 0.2) is 0 Å². The number of hydrogen-bond donors (Lipinski definition) is 1. The molecule has 1 amide bonds. The molecule has 168 valence electrons. The topological polar surface area (TPSA) is 104 Å². The number of fused-ring (bicyclic) bond motifs is 1. The number of amides is 1. The van der Waals surface area contributed by atoms with Crippen molar-refractivity contribution in [3.05, 3.63) is 46.2 Å². The fraction of sp³-hybridized carbons (Fsp3) is 0.391. The minimum atomic E-state index is -0.372. The Balaban J connectivity index is 1.41. The Hall–Kier alpha value is -3.20. The zero-order valence-electron chi connectivity index (χ0n) is 18.1. The fourth-order valence-electron chi connectivity index (χ4n) is 3.70. The molecule has 3 aromatic rings. The zero-order valence-corrected chi connectivity index (χ0v) is 18.9. The second kappa shape index (κ2) is 9.95. The normalized spacial score (nSPS) is 12.8. The van der Waals surface area contributed by atoms with E-state index in [0.29, 0.717) is 35.3 Å². The number of esters is 1. The number of thiophene rings is 1. The summed E-state index contributed by atoms with van der Waals surface area (Å²) < 4.78 is 15.7. The average Bonchev–Trinajstić information content (AvgIpc) is 3.42. The van der Waals surface area contributed by atoms with Crippen LogP contribution in [0.1, 0.15) is 52.9 Å². The lowest BCUT2D eigenvalue weighted by Crippen LogP contribution is -2.16. The van der Waals surface area contributed by atoms with E-state index in [-0.39, 0.29) is 18.3 Å². The first-order valence-corrected chi connectivity index (χ1v) is 11.5. The quantitative estimate of drug-likeness (QED) is 0.501. The highest BCUT2D eigenvalue weighted by molar-refractivity contribution is 7.17. The highest BCUT2D eigenvalue weighted by Gasteiger charge is 2.27. The van der Waals surface area contributed by atoms with Crippen molar-refractivity contribution >= 4 is 28.2 Å². The molecule has 2 heterocycles. The third kappa shape index (κ3) is 4.83. The van der Waals surface area contributed by atoms with E-state index >= 15 is 0 Å². The van der Waals surface area contributed by atoms with E-state index in [2.05, 4.69) is 15.5 Å². The number of carbonyl (C=O) groups excluding carboxylic acids is 2. The first-order chi connectivity index (χ1) is 15.6. The van der Waals surface area contributed by atoms with Crippen LogP contribution in [0.2, 0.25) is 0 Å². The van der Waals surface area contributed by atoms with Gasteiger partial charge >= 0.3 is 5.97 Å². The molecule has 0 aliphatic heterocycles. The summed E-state index contributed by atoms with van der Waals surface area (Å²) in [7, 11) is 1.60. The van der Waals surface area contributed by atoms with Crippen LogP contribution in [-0.4, -0.2) is 35.7 Å². The van der Waals surface area contributed by atoms with Crippen LogP contribution in [-0.2, 0) is 28.8 Å². The molecule has 0 bridgehead atoms. The van der Waals surface area contributed by atoms with E-state index in [9.17, 15) is 9.59 Å². The van der Waals surface area contributed by atoms with Gasteiger partial charge in [0.2, 0.25) is 17.6 Å². The smallest absolute Gasteiger partial charge is 0.341 e. The molecule has 0 atom stereocenters. The Kier molecular flexibility index (Phi) is 6.84. The molecule has 9 heteroatoms. The van der Waals surface area contributed by atoms with Crippen LogP contribution in [0.15, 0.2) is 28.8 Å². The van der Waals surface area contributed by atoms with Gasteiger partial charge in [-0.05, 0) is 62.4 Å². The third-order valence-electron chi connectivity index (χ3n) is 5.29. The van der Waals surface area contributed by atoms with Crippen LogP contribution >= 0.6 is 11.3 Å². The number of anilines is 1. The molecule has 8 nitrogen and oxygen atoms in total. The van der Waals surface area contributed by atoms with Gasteiger partial charge in [0.25, 0.3) is 0 Å². The summed E-state index contributed by atoms with van der Waals surface area (Å²) in [6, 6.07) is 7.33. The van der Waals surface area contributed by atoms with E-state index in [1.165, 1.54) is 11.3 Å². The van der Waals surface area contributed by atoms with Crippen molar-refractivity contribution in [2.45, 2.75) is 45.4 Å². The van der Waals surface area contributed by atoms with E-state index in [1.807, 2.05) is 24.3 Å². The molecule has 32 heavy (non-hydrogen) atoms. The molecule has 4 rings (SSSR count). The maximum Gasteiger partial charge on any atom is 0.341 e. The number of benzene rings is 1. The molecule has 2 aromatic heterocycles. The van der Waals surface area contributed by atoms with Crippen LogP contribution in [0, 0.1) is 0 Å². The number of aryl methyl sites for hydroxylation is 2. The highest BCUT2D eigenvalue weighted by atomic mass is 32.1. The largest absolute Gasteiger partial charge is 0.497 e. The Morgan fingerprint density at radius 3 is 2.72 bits per heavy atom. The van der Waals surface area contributed by atoms with Gasteiger partial charge < -0.3 is 19.3 Å². The maximum atomic E-state index is 12.6. The lowest BCUT2D eigenvalue weighted by atomic mass is 9.95. The summed E-state index contributed by atoms with van der Waals surface area (Å²) in [6.45, 7) is 2.07. The number of ether oxygens (including phenoxy) is 2. The summed E-state index contributed by atoms with van der Waals surface area (Å²) in [5, 5.41) is 7.47. The number of rotatable bonds is 8. The number of nitrogens with one attached hydrogen (secondary N) is 1. The molecule has 1 aliphatic carbocycles. The van der Waals surface area contributed by atoms with Gasteiger partial charge in [-0.1, -0.05) is 5.16 Å². The van der Waals surface area contributed by atoms with Gasteiger partial charge in [0.05, 0.1) is 19.3 Å². The average molecular weight is 456 g/mol. The number of aromatic nitrogens is 2. The Labute approximate surface area is 189 Å². The lowest BCUT2D eigenvalue weighted by Gasteiger charge is -2.12. The molecule has 1 aliphatic rings. The summed E-state index contributed by atoms with van der Waals surface area (Å²) in [5.74, 6) is 0.994. The summed E-state index contributed by atoms with van der Waals surface area (Å²) >= 11 is 1.48. The van der Waals surface area contributed by atoms with Gasteiger partial charge in [-0.2, -0.15) is 4.98 Å². The molecular formula is C23H25N3O5S.